The van der Waals surface area contributed by atoms with Crippen molar-refractivity contribution in [1.82, 2.24) is 4.90 Å². The maximum Gasteiger partial charge on any atom is 0.0233 e. The number of hydrogen-bond acceptors (Lipinski definition) is 1. The van der Waals surface area contributed by atoms with Crippen LogP contribution < -0.4 is 0 Å². The van der Waals surface area contributed by atoms with Crippen molar-refractivity contribution in [2.24, 2.45) is 5.41 Å². The van der Waals surface area contributed by atoms with E-state index in [2.05, 4.69) is 58.9 Å². The van der Waals surface area contributed by atoms with Crippen molar-refractivity contribution >= 4 is 15.9 Å². The Bertz CT molecular complexity index is 329. The molecule has 1 nitrogen and oxygen atoms in total. The van der Waals surface area contributed by atoms with Crippen LogP contribution in [0.4, 0.5) is 0 Å². The largest absolute Gasteiger partial charge is 0.299 e. The Hall–Kier alpha value is -0.340. The van der Waals surface area contributed by atoms with Crippen LogP contribution in [0.1, 0.15) is 25.8 Å². The summed E-state index contributed by atoms with van der Waals surface area (Å²) >= 11 is 3.46. The molecule has 15 heavy (non-hydrogen) atoms. The second kappa shape index (κ2) is 4.26. The zero-order valence-electron chi connectivity index (χ0n) is 9.46. The molecule has 1 heterocycles. The van der Waals surface area contributed by atoms with Crippen molar-refractivity contribution in [3.05, 3.63) is 34.3 Å². The fourth-order valence-electron chi connectivity index (χ4n) is 2.21. The molecule has 0 aliphatic carbocycles. The second-order valence-corrected chi connectivity index (χ2v) is 6.17. The van der Waals surface area contributed by atoms with Crippen molar-refractivity contribution in [3.63, 3.8) is 0 Å². The molecular weight excluding hydrogens is 250 g/mol. The lowest BCUT2D eigenvalue weighted by Crippen LogP contribution is -2.22. The Balaban J connectivity index is 1.96. The number of hydrogen-bond donors (Lipinski definition) is 0. The molecule has 0 bridgehead atoms. The van der Waals surface area contributed by atoms with E-state index in [0.717, 1.165) is 11.0 Å². The minimum absolute atomic E-state index is 0.509. The SMILES string of the molecule is CC1(C)CCN(Cc2ccc(Br)cc2)C1. The van der Waals surface area contributed by atoms with Gasteiger partial charge in [-0.2, -0.15) is 0 Å². The fraction of sp³-hybridized carbons (Fsp3) is 0.538. The van der Waals surface area contributed by atoms with Gasteiger partial charge in [0.05, 0.1) is 0 Å². The molecule has 0 atom stereocenters. The van der Waals surface area contributed by atoms with E-state index in [1.807, 2.05) is 0 Å². The highest BCUT2D eigenvalue weighted by molar-refractivity contribution is 9.10. The molecule has 0 N–H and O–H groups in total. The Kier molecular flexibility index (Phi) is 3.17. The fourth-order valence-corrected chi connectivity index (χ4v) is 2.47. The molecule has 0 aromatic heterocycles. The Morgan fingerprint density at radius 2 is 1.93 bits per heavy atom. The number of benzene rings is 1. The van der Waals surface area contributed by atoms with Crippen molar-refractivity contribution < 1.29 is 0 Å². The third kappa shape index (κ3) is 3.05. The van der Waals surface area contributed by atoms with Crippen molar-refractivity contribution in [1.29, 1.82) is 0 Å². The van der Waals surface area contributed by atoms with Gasteiger partial charge in [-0.1, -0.05) is 41.9 Å². The van der Waals surface area contributed by atoms with E-state index in [4.69, 9.17) is 0 Å². The van der Waals surface area contributed by atoms with Gasteiger partial charge in [-0.15, -0.1) is 0 Å². The van der Waals surface area contributed by atoms with Crippen LogP contribution in [-0.2, 0) is 6.54 Å². The minimum atomic E-state index is 0.509. The number of likely N-dealkylation sites (tertiary alicyclic amines) is 1. The maximum absolute atomic E-state index is 3.46. The quantitative estimate of drug-likeness (QED) is 0.790. The van der Waals surface area contributed by atoms with E-state index in [-0.39, 0.29) is 0 Å². The lowest BCUT2D eigenvalue weighted by Gasteiger charge is -2.19. The third-order valence-electron chi connectivity index (χ3n) is 3.08. The summed E-state index contributed by atoms with van der Waals surface area (Å²) in [6.07, 6.45) is 1.32. The van der Waals surface area contributed by atoms with Gasteiger partial charge in [0, 0.05) is 17.6 Å². The summed E-state index contributed by atoms with van der Waals surface area (Å²) in [7, 11) is 0. The summed E-state index contributed by atoms with van der Waals surface area (Å²) < 4.78 is 1.16. The van der Waals surface area contributed by atoms with E-state index < -0.39 is 0 Å². The average Bonchev–Trinajstić information content (AvgIpc) is 2.50. The van der Waals surface area contributed by atoms with E-state index in [1.54, 1.807) is 0 Å². The molecule has 1 saturated heterocycles. The minimum Gasteiger partial charge on any atom is -0.299 e. The topological polar surface area (TPSA) is 3.24 Å². The van der Waals surface area contributed by atoms with Crippen molar-refractivity contribution in [3.8, 4) is 0 Å². The third-order valence-corrected chi connectivity index (χ3v) is 3.60. The molecule has 1 aromatic rings. The number of halogens is 1. The first kappa shape index (κ1) is 11.2. The van der Waals surface area contributed by atoms with Crippen LogP contribution in [-0.4, -0.2) is 18.0 Å². The molecule has 82 valence electrons. The van der Waals surface area contributed by atoms with Gasteiger partial charge >= 0.3 is 0 Å². The standard InChI is InChI=1S/C13H18BrN/c1-13(2)7-8-15(10-13)9-11-3-5-12(14)6-4-11/h3-6H,7-10H2,1-2H3. The van der Waals surface area contributed by atoms with Gasteiger partial charge in [0.25, 0.3) is 0 Å². The smallest absolute Gasteiger partial charge is 0.0233 e. The maximum atomic E-state index is 3.46. The summed E-state index contributed by atoms with van der Waals surface area (Å²) in [5, 5.41) is 0. The predicted octanol–water partition coefficient (Wildman–Crippen LogP) is 3.68. The Labute approximate surface area is 101 Å². The van der Waals surface area contributed by atoms with Crippen LogP contribution >= 0.6 is 15.9 Å². The first-order valence-electron chi connectivity index (χ1n) is 5.52. The summed E-state index contributed by atoms with van der Waals surface area (Å²) in [5.41, 5.74) is 1.92. The van der Waals surface area contributed by atoms with Gasteiger partial charge in [-0.25, -0.2) is 0 Å². The molecule has 2 rings (SSSR count). The van der Waals surface area contributed by atoms with Crippen LogP contribution in [0.15, 0.2) is 28.7 Å². The van der Waals surface area contributed by atoms with Gasteiger partial charge in [0.15, 0.2) is 0 Å². The first-order chi connectivity index (χ1) is 7.05. The summed E-state index contributed by atoms with van der Waals surface area (Å²) in [5.74, 6) is 0. The first-order valence-corrected chi connectivity index (χ1v) is 6.31. The Morgan fingerprint density at radius 1 is 1.27 bits per heavy atom. The van der Waals surface area contributed by atoms with Crippen LogP contribution in [0, 0.1) is 5.41 Å². The number of nitrogens with zero attached hydrogens (tertiary/aromatic N) is 1. The Morgan fingerprint density at radius 3 is 2.47 bits per heavy atom. The molecule has 1 aliphatic heterocycles. The van der Waals surface area contributed by atoms with Crippen LogP contribution in [0.5, 0.6) is 0 Å². The lowest BCUT2D eigenvalue weighted by molar-refractivity contribution is 0.284. The molecule has 2 heteroatoms. The van der Waals surface area contributed by atoms with E-state index in [0.29, 0.717) is 5.41 Å². The molecule has 0 radical (unpaired) electrons. The zero-order chi connectivity index (χ0) is 10.9. The van der Waals surface area contributed by atoms with Crippen LogP contribution in [0.3, 0.4) is 0 Å². The van der Waals surface area contributed by atoms with Crippen molar-refractivity contribution in [2.75, 3.05) is 13.1 Å². The van der Waals surface area contributed by atoms with Gasteiger partial charge in [-0.3, -0.25) is 4.90 Å². The molecular formula is C13H18BrN. The number of rotatable bonds is 2. The monoisotopic (exact) mass is 267 g/mol. The zero-order valence-corrected chi connectivity index (χ0v) is 11.0. The summed E-state index contributed by atoms with van der Waals surface area (Å²) in [6, 6.07) is 8.65. The van der Waals surface area contributed by atoms with E-state index in [9.17, 15) is 0 Å². The highest BCUT2D eigenvalue weighted by Gasteiger charge is 2.28. The summed E-state index contributed by atoms with van der Waals surface area (Å²) in [6.45, 7) is 8.27. The summed E-state index contributed by atoms with van der Waals surface area (Å²) in [4.78, 5) is 2.54. The predicted molar refractivity (Wildman–Crippen MR) is 67.8 cm³/mol. The highest BCUT2D eigenvalue weighted by Crippen LogP contribution is 2.29. The molecule has 1 aliphatic rings. The molecule has 0 amide bonds. The van der Waals surface area contributed by atoms with Crippen LogP contribution in [0.25, 0.3) is 0 Å². The van der Waals surface area contributed by atoms with Gasteiger partial charge in [0.1, 0.15) is 0 Å². The molecule has 0 unspecified atom stereocenters. The highest BCUT2D eigenvalue weighted by atomic mass is 79.9. The molecule has 1 aromatic carbocycles. The van der Waals surface area contributed by atoms with Gasteiger partial charge in [-0.05, 0) is 36.1 Å². The normalized spacial score (nSPS) is 20.7. The second-order valence-electron chi connectivity index (χ2n) is 5.25. The molecule has 0 saturated carbocycles. The van der Waals surface area contributed by atoms with E-state index >= 15 is 0 Å². The molecule has 1 fully saturated rings. The van der Waals surface area contributed by atoms with Crippen LogP contribution in [0.2, 0.25) is 0 Å². The van der Waals surface area contributed by atoms with Gasteiger partial charge in [0.2, 0.25) is 0 Å². The average molecular weight is 268 g/mol. The van der Waals surface area contributed by atoms with E-state index in [1.165, 1.54) is 25.1 Å². The lowest BCUT2D eigenvalue weighted by atomic mass is 9.93. The van der Waals surface area contributed by atoms with Crippen molar-refractivity contribution in [2.45, 2.75) is 26.8 Å². The van der Waals surface area contributed by atoms with Gasteiger partial charge < -0.3 is 0 Å². The molecule has 0 spiro atoms.